The predicted molar refractivity (Wildman–Crippen MR) is 87.9 cm³/mol. The summed E-state index contributed by atoms with van der Waals surface area (Å²) in [4.78, 5) is 1.32. The zero-order chi connectivity index (χ0) is 14.5. The smallest absolute Gasteiger partial charge is 0.0556 e. The maximum atomic E-state index is 5.76. The topological polar surface area (TPSA) is 38.0 Å². The van der Waals surface area contributed by atoms with Gasteiger partial charge in [0.1, 0.15) is 0 Å². The van der Waals surface area contributed by atoms with E-state index in [4.69, 9.17) is 5.84 Å². The van der Waals surface area contributed by atoms with Crippen molar-refractivity contribution in [2.45, 2.75) is 31.7 Å². The van der Waals surface area contributed by atoms with Crippen LogP contribution in [0, 0.1) is 20.8 Å². The van der Waals surface area contributed by atoms with E-state index in [1.54, 1.807) is 0 Å². The molecule has 2 aromatic rings. The lowest BCUT2D eigenvalue weighted by molar-refractivity contribution is 0.607. The number of thioether (sulfide) groups is 1. The van der Waals surface area contributed by atoms with Gasteiger partial charge in [0.15, 0.2) is 0 Å². The van der Waals surface area contributed by atoms with E-state index in [0.717, 1.165) is 5.75 Å². The van der Waals surface area contributed by atoms with Gasteiger partial charge >= 0.3 is 0 Å². The number of rotatable bonds is 5. The molecule has 1 atom stereocenters. The van der Waals surface area contributed by atoms with Gasteiger partial charge in [-0.15, -0.1) is 11.8 Å². The molecule has 2 nitrogen and oxygen atoms in total. The van der Waals surface area contributed by atoms with Crippen LogP contribution in [-0.4, -0.2) is 5.75 Å². The summed E-state index contributed by atoms with van der Waals surface area (Å²) < 4.78 is 0. The van der Waals surface area contributed by atoms with Crippen molar-refractivity contribution in [3.63, 3.8) is 0 Å². The minimum atomic E-state index is 0.166. The summed E-state index contributed by atoms with van der Waals surface area (Å²) in [5.74, 6) is 6.68. The molecule has 0 saturated carbocycles. The number of nitrogens with two attached hydrogens (primary N) is 1. The minimum absolute atomic E-state index is 0.166. The summed E-state index contributed by atoms with van der Waals surface area (Å²) in [5.41, 5.74) is 8.18. The van der Waals surface area contributed by atoms with E-state index in [2.05, 4.69) is 68.7 Å². The third-order valence-electron chi connectivity index (χ3n) is 3.72. The molecular weight excluding hydrogens is 264 g/mol. The number of hydrogen-bond acceptors (Lipinski definition) is 3. The largest absolute Gasteiger partial charge is 0.271 e. The Bertz CT molecular complexity index is 581. The van der Waals surface area contributed by atoms with Crippen molar-refractivity contribution in [2.24, 2.45) is 5.84 Å². The summed E-state index contributed by atoms with van der Waals surface area (Å²) in [5, 5.41) is 0. The Morgan fingerprint density at radius 1 is 1.00 bits per heavy atom. The lowest BCUT2D eigenvalue weighted by atomic mass is 9.99. The van der Waals surface area contributed by atoms with Crippen LogP contribution in [0.4, 0.5) is 0 Å². The van der Waals surface area contributed by atoms with Crippen molar-refractivity contribution in [3.05, 3.63) is 64.7 Å². The highest BCUT2D eigenvalue weighted by Crippen LogP contribution is 2.28. The summed E-state index contributed by atoms with van der Waals surface area (Å²) in [6.45, 7) is 6.44. The molecule has 0 radical (unpaired) electrons. The van der Waals surface area contributed by atoms with Gasteiger partial charge in [-0.25, -0.2) is 0 Å². The first-order valence-electron chi connectivity index (χ1n) is 6.84. The van der Waals surface area contributed by atoms with Gasteiger partial charge in [0.05, 0.1) is 6.04 Å². The van der Waals surface area contributed by atoms with Crippen molar-refractivity contribution >= 4 is 11.8 Å². The van der Waals surface area contributed by atoms with Gasteiger partial charge in [-0.2, -0.15) is 0 Å². The van der Waals surface area contributed by atoms with Crippen molar-refractivity contribution in [1.82, 2.24) is 5.43 Å². The van der Waals surface area contributed by atoms with Gasteiger partial charge < -0.3 is 0 Å². The van der Waals surface area contributed by atoms with Crippen LogP contribution in [0.25, 0.3) is 0 Å². The van der Waals surface area contributed by atoms with Gasteiger partial charge in [0.25, 0.3) is 0 Å². The van der Waals surface area contributed by atoms with Crippen LogP contribution >= 0.6 is 11.8 Å². The minimum Gasteiger partial charge on any atom is -0.271 e. The summed E-state index contributed by atoms with van der Waals surface area (Å²) in [7, 11) is 0. The molecule has 0 aromatic heterocycles. The Labute approximate surface area is 125 Å². The van der Waals surface area contributed by atoms with E-state index in [9.17, 15) is 0 Å². The number of nitrogens with one attached hydrogen (secondary N) is 1. The summed E-state index contributed by atoms with van der Waals surface area (Å²) in [6, 6.07) is 15.0. The van der Waals surface area contributed by atoms with Gasteiger partial charge in [0, 0.05) is 10.6 Å². The Balaban J connectivity index is 2.14. The number of hydrogen-bond donors (Lipinski definition) is 2. The maximum Gasteiger partial charge on any atom is 0.0556 e. The molecule has 0 heterocycles. The second-order valence-corrected chi connectivity index (χ2v) is 6.15. The highest BCUT2D eigenvalue weighted by molar-refractivity contribution is 7.99. The number of benzene rings is 2. The molecule has 0 saturated heterocycles. The average molecular weight is 286 g/mol. The van der Waals surface area contributed by atoms with Gasteiger partial charge in [-0.1, -0.05) is 36.4 Å². The van der Waals surface area contributed by atoms with Crippen molar-refractivity contribution in [3.8, 4) is 0 Å². The van der Waals surface area contributed by atoms with Gasteiger partial charge in [-0.05, 0) is 49.1 Å². The molecule has 2 rings (SSSR count). The first kappa shape index (κ1) is 15.1. The molecule has 0 aliphatic carbocycles. The maximum absolute atomic E-state index is 5.76. The lowest BCUT2D eigenvalue weighted by Crippen LogP contribution is -2.30. The van der Waals surface area contributed by atoms with Crippen LogP contribution < -0.4 is 11.3 Å². The quantitative estimate of drug-likeness (QED) is 0.497. The van der Waals surface area contributed by atoms with Crippen LogP contribution in [0.1, 0.15) is 28.3 Å². The predicted octanol–water partition coefficient (Wildman–Crippen LogP) is 3.91. The molecule has 0 amide bonds. The Hall–Kier alpha value is -1.29. The van der Waals surface area contributed by atoms with E-state index < -0.39 is 0 Å². The van der Waals surface area contributed by atoms with Crippen molar-refractivity contribution < 1.29 is 0 Å². The molecule has 2 aromatic carbocycles. The van der Waals surface area contributed by atoms with Crippen molar-refractivity contribution in [1.29, 1.82) is 0 Å². The number of aryl methyl sites for hydroxylation is 2. The molecule has 0 aliphatic rings. The van der Waals surface area contributed by atoms with E-state index in [0.29, 0.717) is 0 Å². The first-order chi connectivity index (χ1) is 9.63. The lowest BCUT2D eigenvalue weighted by Gasteiger charge is -2.19. The van der Waals surface area contributed by atoms with Gasteiger partial charge in [0.2, 0.25) is 0 Å². The molecule has 0 aliphatic heterocycles. The van der Waals surface area contributed by atoms with E-state index >= 15 is 0 Å². The molecular formula is C17H22N2S. The Morgan fingerprint density at radius 3 is 2.40 bits per heavy atom. The molecule has 0 bridgehead atoms. The van der Waals surface area contributed by atoms with Gasteiger partial charge in [-0.3, -0.25) is 11.3 Å². The average Bonchev–Trinajstić information content (AvgIpc) is 2.45. The second-order valence-electron chi connectivity index (χ2n) is 5.08. The highest BCUT2D eigenvalue weighted by Gasteiger charge is 2.14. The molecule has 0 fully saturated rings. The molecule has 106 valence electrons. The second kappa shape index (κ2) is 6.93. The SMILES string of the molecule is Cc1ccccc1SCC(NN)c1cccc(C)c1C. The zero-order valence-electron chi connectivity index (χ0n) is 12.3. The Morgan fingerprint density at radius 2 is 1.70 bits per heavy atom. The normalized spacial score (nSPS) is 12.4. The third-order valence-corrected chi connectivity index (χ3v) is 4.99. The highest BCUT2D eigenvalue weighted by atomic mass is 32.2. The molecule has 3 heteroatoms. The molecule has 0 spiro atoms. The van der Waals surface area contributed by atoms with E-state index in [1.165, 1.54) is 27.1 Å². The molecule has 20 heavy (non-hydrogen) atoms. The monoisotopic (exact) mass is 286 g/mol. The Kier molecular flexibility index (Phi) is 5.24. The van der Waals surface area contributed by atoms with Crippen LogP contribution in [-0.2, 0) is 0 Å². The molecule has 1 unspecified atom stereocenters. The summed E-state index contributed by atoms with van der Waals surface area (Å²) in [6.07, 6.45) is 0. The molecule has 3 N–H and O–H groups in total. The van der Waals surface area contributed by atoms with Crippen molar-refractivity contribution in [2.75, 3.05) is 5.75 Å². The van der Waals surface area contributed by atoms with Crippen LogP contribution in [0.5, 0.6) is 0 Å². The first-order valence-corrected chi connectivity index (χ1v) is 7.82. The van der Waals surface area contributed by atoms with Crippen LogP contribution in [0.2, 0.25) is 0 Å². The van der Waals surface area contributed by atoms with E-state index in [1.807, 2.05) is 11.8 Å². The third kappa shape index (κ3) is 3.42. The van der Waals surface area contributed by atoms with Crippen LogP contribution in [0.15, 0.2) is 47.4 Å². The van der Waals surface area contributed by atoms with Crippen LogP contribution in [0.3, 0.4) is 0 Å². The number of hydrazine groups is 1. The van der Waals surface area contributed by atoms with E-state index in [-0.39, 0.29) is 6.04 Å². The fourth-order valence-electron chi connectivity index (χ4n) is 2.27. The zero-order valence-corrected chi connectivity index (χ0v) is 13.1. The standard InChI is InChI=1S/C17H22N2S/c1-12-8-6-9-15(14(12)3)16(19-18)11-20-17-10-5-4-7-13(17)2/h4-10,16,19H,11,18H2,1-3H3. The fraction of sp³-hybridized carbons (Fsp3) is 0.294. The summed E-state index contributed by atoms with van der Waals surface area (Å²) >= 11 is 1.85. The fourth-order valence-corrected chi connectivity index (χ4v) is 3.36.